The van der Waals surface area contributed by atoms with Gasteiger partial charge in [0.25, 0.3) is 5.91 Å². The van der Waals surface area contributed by atoms with E-state index in [0.717, 1.165) is 18.7 Å². The molecule has 19 heavy (non-hydrogen) atoms. The normalized spacial score (nSPS) is 17.1. The van der Waals surface area contributed by atoms with Crippen LogP contribution in [0.3, 0.4) is 0 Å². The van der Waals surface area contributed by atoms with Gasteiger partial charge in [0, 0.05) is 18.7 Å². The molecule has 1 atom stereocenters. The van der Waals surface area contributed by atoms with Gasteiger partial charge in [-0.25, -0.2) is 9.97 Å². The fourth-order valence-corrected chi connectivity index (χ4v) is 1.62. The van der Waals surface area contributed by atoms with Crippen molar-refractivity contribution in [2.45, 2.75) is 45.6 Å². The van der Waals surface area contributed by atoms with Crippen LogP contribution in [0.4, 0.5) is 0 Å². The molecule has 104 valence electrons. The molecular weight excluding hydrogens is 242 g/mol. The van der Waals surface area contributed by atoms with E-state index < -0.39 is 6.10 Å². The predicted octanol–water partition coefficient (Wildman–Crippen LogP) is 1.49. The molecule has 0 bridgehead atoms. The van der Waals surface area contributed by atoms with Crippen molar-refractivity contribution in [3.05, 3.63) is 23.8 Å². The van der Waals surface area contributed by atoms with E-state index in [-0.39, 0.29) is 17.9 Å². The van der Waals surface area contributed by atoms with E-state index in [0.29, 0.717) is 11.6 Å². The Morgan fingerprint density at radius 1 is 1.53 bits per heavy atom. The quantitative estimate of drug-likeness (QED) is 0.863. The van der Waals surface area contributed by atoms with Crippen LogP contribution in [-0.4, -0.2) is 33.6 Å². The van der Waals surface area contributed by atoms with Crippen molar-refractivity contribution in [2.24, 2.45) is 5.41 Å². The van der Waals surface area contributed by atoms with Gasteiger partial charge in [0.15, 0.2) is 0 Å². The molecular formula is C14H21N3O2. The Bertz CT molecular complexity index is 464. The lowest BCUT2D eigenvalue weighted by Crippen LogP contribution is -2.39. The van der Waals surface area contributed by atoms with Crippen molar-refractivity contribution < 1.29 is 9.90 Å². The van der Waals surface area contributed by atoms with E-state index in [1.807, 2.05) is 20.8 Å². The van der Waals surface area contributed by atoms with Crippen LogP contribution in [0.5, 0.6) is 0 Å². The minimum absolute atomic E-state index is 0.227. The molecule has 1 aliphatic carbocycles. The second-order valence-electron chi connectivity index (χ2n) is 6.17. The SMILES string of the molecule is CC(C)(C)C(O)CNC(=O)c1ccnc(C2CC2)n1. The van der Waals surface area contributed by atoms with Crippen LogP contribution >= 0.6 is 0 Å². The Labute approximate surface area is 113 Å². The van der Waals surface area contributed by atoms with Crippen molar-refractivity contribution in [2.75, 3.05) is 6.54 Å². The number of aliphatic hydroxyl groups is 1. The Kier molecular flexibility index (Phi) is 3.85. The molecule has 5 heteroatoms. The van der Waals surface area contributed by atoms with Crippen molar-refractivity contribution in [1.82, 2.24) is 15.3 Å². The summed E-state index contributed by atoms with van der Waals surface area (Å²) in [6, 6.07) is 1.60. The van der Waals surface area contributed by atoms with Crippen LogP contribution in [0, 0.1) is 5.41 Å². The Morgan fingerprint density at radius 2 is 2.21 bits per heavy atom. The number of hydrogen-bond acceptors (Lipinski definition) is 4. The first kappa shape index (κ1) is 13.9. The molecule has 1 fully saturated rings. The van der Waals surface area contributed by atoms with Crippen LogP contribution in [0.25, 0.3) is 0 Å². The van der Waals surface area contributed by atoms with E-state index in [9.17, 15) is 9.90 Å². The molecule has 1 unspecified atom stereocenters. The van der Waals surface area contributed by atoms with Gasteiger partial charge in [-0.2, -0.15) is 0 Å². The van der Waals surface area contributed by atoms with Gasteiger partial charge in [-0.15, -0.1) is 0 Å². The zero-order valence-electron chi connectivity index (χ0n) is 11.7. The third-order valence-electron chi connectivity index (χ3n) is 3.30. The number of hydrogen-bond donors (Lipinski definition) is 2. The number of amides is 1. The fraction of sp³-hybridized carbons (Fsp3) is 0.643. The van der Waals surface area contributed by atoms with Crippen molar-refractivity contribution in [3.63, 3.8) is 0 Å². The summed E-state index contributed by atoms with van der Waals surface area (Å²) in [5.74, 6) is 0.921. The molecule has 2 rings (SSSR count). The van der Waals surface area contributed by atoms with E-state index in [2.05, 4.69) is 15.3 Å². The topological polar surface area (TPSA) is 75.1 Å². The van der Waals surface area contributed by atoms with Crippen molar-refractivity contribution >= 4 is 5.91 Å². The summed E-state index contributed by atoms with van der Waals surface area (Å²) < 4.78 is 0. The highest BCUT2D eigenvalue weighted by Crippen LogP contribution is 2.37. The molecule has 0 aliphatic heterocycles. The lowest BCUT2D eigenvalue weighted by atomic mass is 9.89. The summed E-state index contributed by atoms with van der Waals surface area (Å²) in [6.45, 7) is 6.02. The number of carbonyl (C=O) groups excluding carboxylic acids is 1. The van der Waals surface area contributed by atoms with Crippen LogP contribution in [0.2, 0.25) is 0 Å². The summed E-state index contributed by atoms with van der Waals surface area (Å²) in [5.41, 5.74) is 0.121. The first-order chi connectivity index (χ1) is 8.88. The minimum atomic E-state index is -0.582. The van der Waals surface area contributed by atoms with E-state index in [4.69, 9.17) is 0 Å². The smallest absolute Gasteiger partial charge is 0.270 e. The minimum Gasteiger partial charge on any atom is -0.391 e. The highest BCUT2D eigenvalue weighted by molar-refractivity contribution is 5.92. The molecule has 5 nitrogen and oxygen atoms in total. The number of aliphatic hydroxyl groups excluding tert-OH is 1. The molecule has 1 aromatic heterocycles. The van der Waals surface area contributed by atoms with Gasteiger partial charge in [0.2, 0.25) is 0 Å². The summed E-state index contributed by atoms with van der Waals surface area (Å²) >= 11 is 0. The Hall–Kier alpha value is -1.49. The molecule has 0 radical (unpaired) electrons. The van der Waals surface area contributed by atoms with E-state index >= 15 is 0 Å². The number of nitrogens with zero attached hydrogens (tertiary/aromatic N) is 2. The second kappa shape index (κ2) is 5.25. The molecule has 1 saturated carbocycles. The standard InChI is InChI=1S/C14H21N3O2/c1-14(2,3)11(18)8-16-13(19)10-6-7-15-12(17-10)9-4-5-9/h6-7,9,11,18H,4-5,8H2,1-3H3,(H,16,19). The highest BCUT2D eigenvalue weighted by Gasteiger charge is 2.27. The van der Waals surface area contributed by atoms with E-state index in [1.54, 1.807) is 12.3 Å². The third kappa shape index (κ3) is 3.73. The molecule has 1 aliphatic rings. The first-order valence-electron chi connectivity index (χ1n) is 6.67. The maximum Gasteiger partial charge on any atom is 0.270 e. The largest absolute Gasteiger partial charge is 0.391 e. The maximum absolute atomic E-state index is 12.0. The monoisotopic (exact) mass is 263 g/mol. The summed E-state index contributed by atoms with van der Waals surface area (Å²) in [6.07, 6.45) is 3.25. The van der Waals surface area contributed by atoms with Crippen molar-refractivity contribution in [3.8, 4) is 0 Å². The zero-order chi connectivity index (χ0) is 14.0. The summed E-state index contributed by atoms with van der Waals surface area (Å²) in [5, 5.41) is 12.6. The van der Waals surface area contributed by atoms with Crippen LogP contribution < -0.4 is 5.32 Å². The summed E-state index contributed by atoms with van der Waals surface area (Å²) in [4.78, 5) is 20.4. The number of nitrogens with one attached hydrogen (secondary N) is 1. The molecule has 2 N–H and O–H groups in total. The van der Waals surface area contributed by atoms with Gasteiger partial charge < -0.3 is 10.4 Å². The van der Waals surface area contributed by atoms with Gasteiger partial charge in [-0.05, 0) is 24.3 Å². The molecule has 1 amide bonds. The molecule has 0 spiro atoms. The lowest BCUT2D eigenvalue weighted by molar-refractivity contribution is 0.0585. The highest BCUT2D eigenvalue weighted by atomic mass is 16.3. The second-order valence-corrected chi connectivity index (χ2v) is 6.17. The average Bonchev–Trinajstić information content (AvgIpc) is 3.18. The number of aromatic nitrogens is 2. The third-order valence-corrected chi connectivity index (χ3v) is 3.30. The van der Waals surface area contributed by atoms with E-state index in [1.165, 1.54) is 0 Å². The average molecular weight is 263 g/mol. The fourth-order valence-electron chi connectivity index (χ4n) is 1.62. The predicted molar refractivity (Wildman–Crippen MR) is 71.8 cm³/mol. The van der Waals surface area contributed by atoms with Crippen LogP contribution in [0.15, 0.2) is 12.3 Å². The van der Waals surface area contributed by atoms with Gasteiger partial charge in [-0.1, -0.05) is 20.8 Å². The lowest BCUT2D eigenvalue weighted by Gasteiger charge is -2.25. The number of rotatable bonds is 4. The molecule has 0 aromatic carbocycles. The molecule has 0 saturated heterocycles. The van der Waals surface area contributed by atoms with Gasteiger partial charge in [0.05, 0.1) is 6.10 Å². The Balaban J connectivity index is 1.94. The van der Waals surface area contributed by atoms with Gasteiger partial charge in [0.1, 0.15) is 11.5 Å². The molecule has 1 heterocycles. The van der Waals surface area contributed by atoms with Gasteiger partial charge >= 0.3 is 0 Å². The molecule has 1 aromatic rings. The van der Waals surface area contributed by atoms with Crippen molar-refractivity contribution in [1.29, 1.82) is 0 Å². The zero-order valence-corrected chi connectivity index (χ0v) is 11.7. The maximum atomic E-state index is 12.0. The number of carbonyl (C=O) groups is 1. The first-order valence-corrected chi connectivity index (χ1v) is 6.67. The summed E-state index contributed by atoms with van der Waals surface area (Å²) in [7, 11) is 0. The van der Waals surface area contributed by atoms with Gasteiger partial charge in [-0.3, -0.25) is 4.79 Å². The van der Waals surface area contributed by atoms with Crippen LogP contribution in [0.1, 0.15) is 55.8 Å². The Morgan fingerprint density at radius 3 is 2.79 bits per heavy atom. The van der Waals surface area contributed by atoms with Crippen LogP contribution in [-0.2, 0) is 0 Å².